The van der Waals surface area contributed by atoms with Gasteiger partial charge in [-0.25, -0.2) is 4.79 Å². The lowest BCUT2D eigenvalue weighted by atomic mass is 9.95. The first kappa shape index (κ1) is 18.4. The molecule has 2 aliphatic rings. The van der Waals surface area contributed by atoms with Crippen molar-refractivity contribution in [3.05, 3.63) is 51.4 Å². The van der Waals surface area contributed by atoms with Crippen LogP contribution in [0.3, 0.4) is 0 Å². The molecule has 28 heavy (non-hydrogen) atoms. The number of thiophene rings is 1. The second-order valence-electron chi connectivity index (χ2n) is 6.83. The topological polar surface area (TPSA) is 104 Å². The van der Waals surface area contributed by atoms with Gasteiger partial charge in [-0.05, 0) is 43.4 Å². The fourth-order valence-electron chi connectivity index (χ4n) is 3.72. The second kappa shape index (κ2) is 7.20. The molecule has 1 aromatic carbocycles. The number of amides is 3. The van der Waals surface area contributed by atoms with Crippen LogP contribution in [0.25, 0.3) is 0 Å². The number of hydrogen-bond donors (Lipinski definition) is 2. The SMILES string of the molecule is O=C(CCN1C(=O)c2ccccc2C1=O)Nc1sc2c(c1C(=O)O)CCCC2. The lowest BCUT2D eigenvalue weighted by molar-refractivity contribution is -0.116. The van der Waals surface area contributed by atoms with Gasteiger partial charge in [0, 0.05) is 17.8 Å². The van der Waals surface area contributed by atoms with Crippen molar-refractivity contribution in [2.24, 2.45) is 0 Å². The van der Waals surface area contributed by atoms with Crippen molar-refractivity contribution in [2.75, 3.05) is 11.9 Å². The smallest absolute Gasteiger partial charge is 0.339 e. The zero-order valence-electron chi connectivity index (χ0n) is 15.0. The van der Waals surface area contributed by atoms with Gasteiger partial charge in [-0.1, -0.05) is 12.1 Å². The van der Waals surface area contributed by atoms with Crippen molar-refractivity contribution in [2.45, 2.75) is 32.1 Å². The van der Waals surface area contributed by atoms with Crippen LogP contribution in [0.1, 0.15) is 60.8 Å². The molecule has 0 fully saturated rings. The lowest BCUT2D eigenvalue weighted by Crippen LogP contribution is -2.32. The summed E-state index contributed by atoms with van der Waals surface area (Å²) in [5, 5.41) is 12.6. The summed E-state index contributed by atoms with van der Waals surface area (Å²) in [6.45, 7) is -0.0499. The van der Waals surface area contributed by atoms with Gasteiger partial charge in [0.2, 0.25) is 5.91 Å². The summed E-state index contributed by atoms with van der Waals surface area (Å²) in [5.74, 6) is -2.29. The number of hydrogen-bond acceptors (Lipinski definition) is 5. The predicted octanol–water partition coefficient (Wildman–Crippen LogP) is 2.95. The van der Waals surface area contributed by atoms with E-state index in [2.05, 4.69) is 5.32 Å². The number of carboxylic acid groups (broad SMARTS) is 1. The van der Waals surface area contributed by atoms with Gasteiger partial charge >= 0.3 is 5.97 Å². The highest BCUT2D eigenvalue weighted by Gasteiger charge is 2.35. The van der Waals surface area contributed by atoms with Gasteiger partial charge in [-0.15, -0.1) is 11.3 Å². The minimum absolute atomic E-state index is 0.0499. The van der Waals surface area contributed by atoms with Crippen LogP contribution in [0, 0.1) is 0 Å². The Morgan fingerprint density at radius 3 is 2.36 bits per heavy atom. The minimum atomic E-state index is -1.05. The highest BCUT2D eigenvalue weighted by Crippen LogP contribution is 2.38. The van der Waals surface area contributed by atoms with Crippen LogP contribution >= 0.6 is 11.3 Å². The third kappa shape index (κ3) is 3.09. The Bertz CT molecular complexity index is 975. The van der Waals surface area contributed by atoms with E-state index in [0.717, 1.165) is 34.6 Å². The average molecular weight is 398 g/mol. The van der Waals surface area contributed by atoms with Crippen LogP contribution in [-0.4, -0.2) is 40.2 Å². The van der Waals surface area contributed by atoms with E-state index in [1.807, 2.05) is 0 Å². The number of anilines is 1. The molecule has 1 aliphatic carbocycles. The number of carbonyl (C=O) groups is 4. The van der Waals surface area contributed by atoms with Crippen LogP contribution in [-0.2, 0) is 17.6 Å². The highest BCUT2D eigenvalue weighted by atomic mass is 32.1. The Hall–Kier alpha value is -3.00. The zero-order valence-corrected chi connectivity index (χ0v) is 15.8. The molecule has 0 spiro atoms. The summed E-state index contributed by atoms with van der Waals surface area (Å²) in [4.78, 5) is 50.8. The van der Waals surface area contributed by atoms with Crippen molar-refractivity contribution in [1.29, 1.82) is 0 Å². The number of nitrogens with zero attached hydrogens (tertiary/aromatic N) is 1. The summed E-state index contributed by atoms with van der Waals surface area (Å²) in [6, 6.07) is 6.55. The van der Waals surface area contributed by atoms with Crippen LogP contribution in [0.5, 0.6) is 0 Å². The normalized spacial score (nSPS) is 15.4. The van der Waals surface area contributed by atoms with Gasteiger partial charge < -0.3 is 10.4 Å². The van der Waals surface area contributed by atoms with Crippen LogP contribution < -0.4 is 5.32 Å². The summed E-state index contributed by atoms with van der Waals surface area (Å²) >= 11 is 1.31. The monoisotopic (exact) mass is 398 g/mol. The Labute approximate surface area is 165 Å². The van der Waals surface area contributed by atoms with Crippen molar-refractivity contribution in [3.63, 3.8) is 0 Å². The molecule has 7 nitrogen and oxygen atoms in total. The third-order valence-corrected chi connectivity index (χ3v) is 6.29. The van der Waals surface area contributed by atoms with Crippen LogP contribution in [0.15, 0.2) is 24.3 Å². The number of aromatic carboxylic acids is 1. The van der Waals surface area contributed by atoms with E-state index < -0.39 is 23.7 Å². The Balaban J connectivity index is 1.45. The standard InChI is InChI=1S/C20H18N2O5S/c23-15(9-10-22-18(24)11-5-1-2-6-12(11)19(22)25)21-17-16(20(26)27)13-7-3-4-8-14(13)28-17/h1-2,5-6H,3-4,7-10H2,(H,21,23)(H,26,27). The first-order valence-corrected chi connectivity index (χ1v) is 9.92. The first-order valence-electron chi connectivity index (χ1n) is 9.10. The molecule has 3 amide bonds. The Morgan fingerprint density at radius 2 is 1.71 bits per heavy atom. The van der Waals surface area contributed by atoms with E-state index in [1.54, 1.807) is 24.3 Å². The number of rotatable bonds is 5. The van der Waals surface area contributed by atoms with E-state index >= 15 is 0 Å². The molecule has 144 valence electrons. The van der Waals surface area contributed by atoms with Gasteiger partial charge in [-0.2, -0.15) is 0 Å². The number of carbonyl (C=O) groups excluding carboxylic acids is 3. The molecule has 4 rings (SSSR count). The Kier molecular flexibility index (Phi) is 4.72. The van der Waals surface area contributed by atoms with E-state index in [0.29, 0.717) is 22.5 Å². The molecule has 0 bridgehead atoms. The average Bonchev–Trinajstić information content (AvgIpc) is 3.16. The van der Waals surface area contributed by atoms with Gasteiger partial charge in [0.1, 0.15) is 5.00 Å². The highest BCUT2D eigenvalue weighted by molar-refractivity contribution is 7.17. The van der Waals surface area contributed by atoms with Gasteiger partial charge in [0.15, 0.2) is 0 Å². The van der Waals surface area contributed by atoms with Gasteiger partial charge in [-0.3, -0.25) is 19.3 Å². The molecule has 0 saturated carbocycles. The van der Waals surface area contributed by atoms with Crippen molar-refractivity contribution in [1.82, 2.24) is 4.90 Å². The molecule has 2 N–H and O–H groups in total. The van der Waals surface area contributed by atoms with E-state index in [1.165, 1.54) is 11.3 Å². The second-order valence-corrected chi connectivity index (χ2v) is 7.93. The maximum atomic E-state index is 12.4. The third-order valence-electron chi connectivity index (χ3n) is 5.08. The number of imide groups is 1. The number of benzene rings is 1. The van der Waals surface area contributed by atoms with Gasteiger partial charge in [0.05, 0.1) is 16.7 Å². The molecule has 1 aliphatic heterocycles. The van der Waals surface area contributed by atoms with Crippen molar-refractivity contribution >= 4 is 40.0 Å². The molecule has 1 aromatic heterocycles. The fraction of sp³-hybridized carbons (Fsp3) is 0.300. The van der Waals surface area contributed by atoms with Crippen LogP contribution in [0.4, 0.5) is 5.00 Å². The number of carboxylic acids is 1. The molecule has 0 saturated heterocycles. The molecule has 2 heterocycles. The molecule has 0 radical (unpaired) electrons. The van der Waals surface area contributed by atoms with E-state index in [-0.39, 0.29) is 18.5 Å². The fourth-order valence-corrected chi connectivity index (χ4v) is 5.02. The number of nitrogens with one attached hydrogen (secondary N) is 1. The first-order chi connectivity index (χ1) is 13.5. The molecular weight excluding hydrogens is 380 g/mol. The molecule has 0 unspecified atom stereocenters. The minimum Gasteiger partial charge on any atom is -0.478 e. The summed E-state index contributed by atoms with van der Waals surface area (Å²) in [7, 11) is 0. The van der Waals surface area contributed by atoms with E-state index in [4.69, 9.17) is 0 Å². The quantitative estimate of drug-likeness (QED) is 0.754. The summed E-state index contributed by atoms with van der Waals surface area (Å²) in [5.41, 5.74) is 1.67. The number of aryl methyl sites for hydroxylation is 1. The zero-order chi connectivity index (χ0) is 19.8. The summed E-state index contributed by atoms with van der Waals surface area (Å²) < 4.78 is 0. The number of fused-ring (bicyclic) bond motifs is 2. The van der Waals surface area contributed by atoms with Crippen molar-refractivity contribution < 1.29 is 24.3 Å². The van der Waals surface area contributed by atoms with Crippen LogP contribution in [0.2, 0.25) is 0 Å². The molecule has 8 heteroatoms. The van der Waals surface area contributed by atoms with Crippen molar-refractivity contribution in [3.8, 4) is 0 Å². The maximum absolute atomic E-state index is 12.4. The lowest BCUT2D eigenvalue weighted by Gasteiger charge is -2.13. The maximum Gasteiger partial charge on any atom is 0.339 e. The molecule has 0 atom stereocenters. The summed E-state index contributed by atoms with van der Waals surface area (Å²) in [6.07, 6.45) is 3.40. The molecular formula is C20H18N2O5S. The largest absolute Gasteiger partial charge is 0.478 e. The molecule has 2 aromatic rings. The van der Waals surface area contributed by atoms with Gasteiger partial charge in [0.25, 0.3) is 11.8 Å². The predicted molar refractivity (Wildman–Crippen MR) is 103 cm³/mol. The van der Waals surface area contributed by atoms with E-state index in [9.17, 15) is 24.3 Å². The Morgan fingerprint density at radius 1 is 1.07 bits per heavy atom.